The van der Waals surface area contributed by atoms with Crippen LogP contribution in [-0.2, 0) is 11.3 Å². The minimum atomic E-state index is -0.0918. The summed E-state index contributed by atoms with van der Waals surface area (Å²) in [5.74, 6) is 0.596. The number of amides is 3. The van der Waals surface area contributed by atoms with Gasteiger partial charge in [-0.05, 0) is 36.5 Å². The van der Waals surface area contributed by atoms with Crippen LogP contribution >= 0.6 is 0 Å². The van der Waals surface area contributed by atoms with E-state index in [1.54, 1.807) is 11.9 Å². The van der Waals surface area contributed by atoms with E-state index in [0.29, 0.717) is 25.6 Å². The molecule has 2 aliphatic heterocycles. The number of hydrogen-bond acceptors (Lipinski definition) is 6. The molecule has 2 saturated heterocycles. The summed E-state index contributed by atoms with van der Waals surface area (Å²) in [5, 5.41) is 0. The molecule has 3 heterocycles. The Morgan fingerprint density at radius 1 is 0.939 bits per heavy atom. The molecule has 0 radical (unpaired) electrons. The number of urea groups is 1. The van der Waals surface area contributed by atoms with Crippen molar-refractivity contribution in [3.05, 3.63) is 42.2 Å². The first-order valence-corrected chi connectivity index (χ1v) is 11.7. The molecule has 2 aliphatic rings. The molecule has 0 atom stereocenters. The summed E-state index contributed by atoms with van der Waals surface area (Å²) in [4.78, 5) is 41.3. The lowest BCUT2D eigenvalue weighted by Gasteiger charge is -2.38. The van der Waals surface area contributed by atoms with Crippen LogP contribution in [0.5, 0.6) is 0 Å². The van der Waals surface area contributed by atoms with Crippen LogP contribution in [0, 0.1) is 0 Å². The van der Waals surface area contributed by atoms with E-state index in [4.69, 9.17) is 5.73 Å². The zero-order valence-corrected chi connectivity index (χ0v) is 19.3. The number of carbonyl (C=O) groups excluding carboxylic acids is 2. The number of nitrogens with zero attached hydrogens (tertiary/aromatic N) is 6. The number of aromatic nitrogens is 2. The van der Waals surface area contributed by atoms with Gasteiger partial charge in [0, 0.05) is 70.8 Å². The number of carbonyl (C=O) groups is 2. The zero-order chi connectivity index (χ0) is 23.2. The van der Waals surface area contributed by atoms with E-state index in [-0.39, 0.29) is 18.5 Å². The molecule has 0 aliphatic carbocycles. The van der Waals surface area contributed by atoms with E-state index < -0.39 is 0 Å². The predicted octanol–water partition coefficient (Wildman–Crippen LogP) is 1.79. The molecule has 2 aromatic rings. The van der Waals surface area contributed by atoms with Crippen molar-refractivity contribution in [2.24, 2.45) is 5.73 Å². The highest BCUT2D eigenvalue weighted by molar-refractivity contribution is 5.77. The van der Waals surface area contributed by atoms with Gasteiger partial charge in [-0.1, -0.05) is 18.2 Å². The fraction of sp³-hybridized carbons (Fsp3) is 0.500. The van der Waals surface area contributed by atoms with Crippen LogP contribution < -0.4 is 10.6 Å². The molecule has 2 fully saturated rings. The van der Waals surface area contributed by atoms with Crippen molar-refractivity contribution in [1.82, 2.24) is 24.7 Å². The standard InChI is InChI=1S/C24H33N7O2/c1-28(22(32)15-25)18-19-6-5-7-20(14-19)21-16-26-23(27-17-21)29-10-12-31(13-11-29)24(33)30-8-3-2-4-9-30/h5-7,14,16-17H,2-4,8-13,15,18,25H2,1H3. The molecule has 4 rings (SSSR count). The summed E-state index contributed by atoms with van der Waals surface area (Å²) in [6, 6.07) is 8.19. The van der Waals surface area contributed by atoms with Gasteiger partial charge in [0.05, 0.1) is 6.54 Å². The maximum absolute atomic E-state index is 12.7. The van der Waals surface area contributed by atoms with Crippen molar-refractivity contribution in [2.75, 3.05) is 57.8 Å². The third kappa shape index (κ3) is 5.60. The quantitative estimate of drug-likeness (QED) is 0.744. The van der Waals surface area contributed by atoms with Crippen molar-refractivity contribution >= 4 is 17.9 Å². The molecular weight excluding hydrogens is 418 g/mol. The van der Waals surface area contributed by atoms with Gasteiger partial charge in [0.1, 0.15) is 0 Å². The number of likely N-dealkylation sites (tertiary alicyclic amines) is 1. The maximum atomic E-state index is 12.7. The van der Waals surface area contributed by atoms with Gasteiger partial charge in [0.15, 0.2) is 0 Å². The van der Waals surface area contributed by atoms with Crippen LogP contribution in [0.4, 0.5) is 10.7 Å². The molecule has 9 nitrogen and oxygen atoms in total. The monoisotopic (exact) mass is 451 g/mol. The Bertz CT molecular complexity index is 952. The summed E-state index contributed by atoms with van der Waals surface area (Å²) in [5.41, 5.74) is 8.40. The third-order valence-corrected chi connectivity index (χ3v) is 6.38. The number of hydrogen-bond donors (Lipinski definition) is 1. The lowest BCUT2D eigenvalue weighted by Crippen LogP contribution is -2.54. The Morgan fingerprint density at radius 3 is 2.27 bits per heavy atom. The lowest BCUT2D eigenvalue weighted by molar-refractivity contribution is -0.128. The van der Waals surface area contributed by atoms with Crippen LogP contribution in [0.25, 0.3) is 11.1 Å². The highest BCUT2D eigenvalue weighted by Crippen LogP contribution is 2.22. The first kappa shape index (κ1) is 23.0. The van der Waals surface area contributed by atoms with Gasteiger partial charge >= 0.3 is 6.03 Å². The molecule has 0 spiro atoms. The van der Waals surface area contributed by atoms with Crippen molar-refractivity contribution in [2.45, 2.75) is 25.8 Å². The van der Waals surface area contributed by atoms with Gasteiger partial charge in [0.2, 0.25) is 11.9 Å². The van der Waals surface area contributed by atoms with E-state index in [2.05, 4.69) is 14.9 Å². The number of piperazine rings is 1. The summed E-state index contributed by atoms with van der Waals surface area (Å²) >= 11 is 0. The van der Waals surface area contributed by atoms with Crippen LogP contribution in [0.1, 0.15) is 24.8 Å². The Kier molecular flexibility index (Phi) is 7.39. The van der Waals surface area contributed by atoms with Gasteiger partial charge in [-0.2, -0.15) is 0 Å². The second-order valence-corrected chi connectivity index (χ2v) is 8.73. The number of nitrogens with two attached hydrogens (primary N) is 1. The van der Waals surface area contributed by atoms with E-state index in [0.717, 1.165) is 55.7 Å². The first-order chi connectivity index (χ1) is 16.0. The smallest absolute Gasteiger partial charge is 0.320 e. The number of piperidine rings is 1. The Hall–Kier alpha value is -3.20. The first-order valence-electron chi connectivity index (χ1n) is 11.7. The van der Waals surface area contributed by atoms with Crippen molar-refractivity contribution in [1.29, 1.82) is 0 Å². The molecule has 1 aromatic carbocycles. The van der Waals surface area contributed by atoms with E-state index >= 15 is 0 Å². The van der Waals surface area contributed by atoms with Crippen LogP contribution in [0.2, 0.25) is 0 Å². The average molecular weight is 452 g/mol. The molecular formula is C24H33N7O2. The zero-order valence-electron chi connectivity index (χ0n) is 19.3. The molecule has 3 amide bonds. The molecule has 33 heavy (non-hydrogen) atoms. The van der Waals surface area contributed by atoms with Crippen molar-refractivity contribution < 1.29 is 9.59 Å². The van der Waals surface area contributed by atoms with Crippen LogP contribution in [-0.4, -0.2) is 89.5 Å². The molecule has 0 unspecified atom stereocenters. The maximum Gasteiger partial charge on any atom is 0.320 e. The largest absolute Gasteiger partial charge is 0.340 e. The van der Waals surface area contributed by atoms with Crippen molar-refractivity contribution in [3.63, 3.8) is 0 Å². The van der Waals surface area contributed by atoms with Gasteiger partial charge in [-0.3, -0.25) is 4.79 Å². The highest BCUT2D eigenvalue weighted by atomic mass is 16.2. The summed E-state index contributed by atoms with van der Waals surface area (Å²) in [6.07, 6.45) is 7.11. The van der Waals surface area contributed by atoms with E-state index in [1.807, 2.05) is 46.5 Å². The number of rotatable bonds is 5. The summed E-state index contributed by atoms with van der Waals surface area (Å²) < 4.78 is 0. The number of likely N-dealkylation sites (N-methyl/N-ethyl adjacent to an activating group) is 1. The second-order valence-electron chi connectivity index (χ2n) is 8.73. The molecule has 0 bridgehead atoms. The molecule has 1 aromatic heterocycles. The summed E-state index contributed by atoms with van der Waals surface area (Å²) in [7, 11) is 1.75. The fourth-order valence-corrected chi connectivity index (χ4v) is 4.38. The number of anilines is 1. The van der Waals surface area contributed by atoms with Gasteiger partial charge in [-0.15, -0.1) is 0 Å². The lowest BCUT2D eigenvalue weighted by atomic mass is 10.1. The minimum Gasteiger partial charge on any atom is -0.340 e. The molecule has 0 saturated carbocycles. The average Bonchev–Trinajstić information content (AvgIpc) is 2.88. The Labute approximate surface area is 195 Å². The van der Waals surface area contributed by atoms with Gasteiger partial charge in [-0.25, -0.2) is 14.8 Å². The van der Waals surface area contributed by atoms with Crippen LogP contribution in [0.15, 0.2) is 36.7 Å². The third-order valence-electron chi connectivity index (χ3n) is 6.38. The van der Waals surface area contributed by atoms with Crippen molar-refractivity contribution in [3.8, 4) is 11.1 Å². The fourth-order valence-electron chi connectivity index (χ4n) is 4.38. The Morgan fingerprint density at radius 2 is 1.61 bits per heavy atom. The van der Waals surface area contributed by atoms with E-state index in [9.17, 15) is 9.59 Å². The minimum absolute atomic E-state index is 0.00612. The van der Waals surface area contributed by atoms with Crippen LogP contribution in [0.3, 0.4) is 0 Å². The highest BCUT2D eigenvalue weighted by Gasteiger charge is 2.27. The molecule has 176 valence electrons. The second kappa shape index (κ2) is 10.6. The molecule has 2 N–H and O–H groups in total. The molecule has 9 heteroatoms. The number of benzene rings is 1. The van der Waals surface area contributed by atoms with Gasteiger partial charge < -0.3 is 25.3 Å². The van der Waals surface area contributed by atoms with E-state index in [1.165, 1.54) is 6.42 Å². The Balaban J connectivity index is 1.35. The summed E-state index contributed by atoms with van der Waals surface area (Å²) in [6.45, 7) is 5.12. The predicted molar refractivity (Wildman–Crippen MR) is 128 cm³/mol. The topological polar surface area (TPSA) is 98.9 Å². The van der Waals surface area contributed by atoms with Gasteiger partial charge in [0.25, 0.3) is 0 Å². The normalized spacial score (nSPS) is 16.6. The SMILES string of the molecule is CN(Cc1cccc(-c2cnc(N3CCN(C(=O)N4CCCCC4)CC3)nc2)c1)C(=O)CN.